The molecule has 148 valence electrons. The molecular weight excluding hydrogens is 427 g/mol. The number of amides is 2. The molecule has 0 fully saturated rings. The van der Waals surface area contributed by atoms with Crippen molar-refractivity contribution in [3.8, 4) is 0 Å². The summed E-state index contributed by atoms with van der Waals surface area (Å²) in [6.07, 6.45) is 0.356. The summed E-state index contributed by atoms with van der Waals surface area (Å²) in [6.45, 7) is 1.90. The van der Waals surface area contributed by atoms with Crippen LogP contribution in [-0.2, 0) is 16.0 Å². The number of ketones is 1. The molecule has 0 aliphatic rings. The van der Waals surface area contributed by atoms with E-state index in [0.29, 0.717) is 24.1 Å². The molecule has 0 heterocycles. The second-order valence-electron chi connectivity index (χ2n) is 6.35. The summed E-state index contributed by atoms with van der Waals surface area (Å²) in [5.74, 6) is -1.17. The Balaban J connectivity index is 1.69. The summed E-state index contributed by atoms with van der Waals surface area (Å²) < 4.78 is 14.4. The summed E-state index contributed by atoms with van der Waals surface area (Å²) in [5, 5.41) is 5.27. The van der Waals surface area contributed by atoms with E-state index in [1.807, 2.05) is 0 Å². The van der Waals surface area contributed by atoms with Gasteiger partial charge in [0, 0.05) is 29.4 Å². The van der Waals surface area contributed by atoms with E-state index in [-0.39, 0.29) is 36.3 Å². The Morgan fingerprint density at radius 2 is 1.64 bits per heavy atom. The third-order valence-corrected chi connectivity index (χ3v) is 4.68. The molecule has 0 saturated heterocycles. The van der Waals surface area contributed by atoms with Crippen LogP contribution in [0.1, 0.15) is 35.7 Å². The topological polar surface area (TPSA) is 75.3 Å². The number of carbonyl (C=O) groups is 3. The van der Waals surface area contributed by atoms with Gasteiger partial charge in [0.1, 0.15) is 5.82 Å². The second kappa shape index (κ2) is 10.7. The van der Waals surface area contributed by atoms with E-state index in [9.17, 15) is 18.8 Å². The third-order valence-electron chi connectivity index (χ3n) is 4.15. The first-order valence-corrected chi connectivity index (χ1v) is 9.75. The van der Waals surface area contributed by atoms with Crippen LogP contribution in [-0.4, -0.2) is 30.2 Å². The van der Waals surface area contributed by atoms with Gasteiger partial charge in [-0.1, -0.05) is 46.3 Å². The number of hydrogen-bond donors (Lipinski definition) is 2. The van der Waals surface area contributed by atoms with Gasteiger partial charge in [0.2, 0.25) is 11.8 Å². The summed E-state index contributed by atoms with van der Waals surface area (Å²) >= 11 is 3.30. The molecular formula is C21H22BrFN2O3. The number of nitrogens with one attached hydrogen (secondary N) is 2. The molecule has 2 rings (SSSR count). The van der Waals surface area contributed by atoms with E-state index in [0.717, 1.165) is 4.47 Å². The zero-order chi connectivity index (χ0) is 20.5. The van der Waals surface area contributed by atoms with Crippen molar-refractivity contribution in [2.45, 2.75) is 32.2 Å². The number of hydrogen-bond acceptors (Lipinski definition) is 3. The quantitative estimate of drug-likeness (QED) is 0.577. The number of halogens is 2. The second-order valence-corrected chi connectivity index (χ2v) is 7.27. The van der Waals surface area contributed by atoms with Crippen LogP contribution in [0.2, 0.25) is 0 Å². The van der Waals surface area contributed by atoms with Crippen molar-refractivity contribution in [3.05, 3.63) is 69.9 Å². The standard InChI is InChI=1S/C21H22BrFN2O3/c1-14(21(28)16-6-8-17(22)9-7-16)25-20(27)11-10-19(26)24-13-12-15-4-2-3-5-18(15)23/h2-9,14H,10-13H2,1H3,(H,24,26)(H,25,27). The van der Waals surface area contributed by atoms with Gasteiger partial charge in [-0.15, -0.1) is 0 Å². The molecule has 0 radical (unpaired) electrons. The highest BCUT2D eigenvalue weighted by atomic mass is 79.9. The van der Waals surface area contributed by atoms with Gasteiger partial charge in [-0.3, -0.25) is 14.4 Å². The Kier molecular flexibility index (Phi) is 8.32. The van der Waals surface area contributed by atoms with E-state index in [2.05, 4.69) is 26.6 Å². The maximum Gasteiger partial charge on any atom is 0.221 e. The first kappa shape index (κ1) is 21.8. The molecule has 0 aliphatic carbocycles. The van der Waals surface area contributed by atoms with Crippen molar-refractivity contribution < 1.29 is 18.8 Å². The van der Waals surface area contributed by atoms with Gasteiger partial charge in [-0.25, -0.2) is 4.39 Å². The van der Waals surface area contributed by atoms with Crippen LogP contribution in [0.15, 0.2) is 53.0 Å². The van der Waals surface area contributed by atoms with Crippen LogP contribution < -0.4 is 10.6 Å². The maximum atomic E-state index is 13.5. The molecule has 7 heteroatoms. The Bertz CT molecular complexity index is 840. The van der Waals surface area contributed by atoms with Crippen molar-refractivity contribution in [2.75, 3.05) is 6.54 Å². The van der Waals surface area contributed by atoms with Gasteiger partial charge in [-0.2, -0.15) is 0 Å². The highest BCUT2D eigenvalue weighted by Gasteiger charge is 2.17. The zero-order valence-electron chi connectivity index (χ0n) is 15.5. The average Bonchev–Trinajstić information content (AvgIpc) is 2.68. The molecule has 1 atom stereocenters. The lowest BCUT2D eigenvalue weighted by Crippen LogP contribution is -2.39. The number of rotatable bonds is 9. The van der Waals surface area contributed by atoms with Gasteiger partial charge < -0.3 is 10.6 Å². The van der Waals surface area contributed by atoms with Gasteiger partial charge in [-0.05, 0) is 37.1 Å². The zero-order valence-corrected chi connectivity index (χ0v) is 17.1. The van der Waals surface area contributed by atoms with E-state index < -0.39 is 6.04 Å². The molecule has 1 unspecified atom stereocenters. The fourth-order valence-corrected chi connectivity index (χ4v) is 2.86. The number of benzene rings is 2. The minimum absolute atomic E-state index is 0.00228. The van der Waals surface area contributed by atoms with Crippen LogP contribution in [0.4, 0.5) is 4.39 Å². The van der Waals surface area contributed by atoms with Gasteiger partial charge in [0.15, 0.2) is 5.78 Å². The highest BCUT2D eigenvalue weighted by Crippen LogP contribution is 2.12. The van der Waals surface area contributed by atoms with Gasteiger partial charge in [0.05, 0.1) is 6.04 Å². The van der Waals surface area contributed by atoms with E-state index >= 15 is 0 Å². The summed E-state index contributed by atoms with van der Waals surface area (Å²) in [5.41, 5.74) is 1.03. The minimum atomic E-state index is -0.683. The lowest BCUT2D eigenvalue weighted by Gasteiger charge is -2.13. The van der Waals surface area contributed by atoms with Crippen LogP contribution in [0.5, 0.6) is 0 Å². The normalized spacial score (nSPS) is 11.5. The van der Waals surface area contributed by atoms with Crippen molar-refractivity contribution in [1.29, 1.82) is 0 Å². The van der Waals surface area contributed by atoms with Gasteiger partial charge in [0.25, 0.3) is 0 Å². The first-order valence-electron chi connectivity index (χ1n) is 8.96. The van der Waals surface area contributed by atoms with Crippen molar-refractivity contribution in [3.63, 3.8) is 0 Å². The molecule has 2 aromatic carbocycles. The van der Waals surface area contributed by atoms with E-state index in [1.54, 1.807) is 49.4 Å². The van der Waals surface area contributed by atoms with Crippen LogP contribution >= 0.6 is 15.9 Å². The molecule has 0 bridgehead atoms. The fraction of sp³-hybridized carbons (Fsp3) is 0.286. The van der Waals surface area contributed by atoms with Crippen molar-refractivity contribution in [1.82, 2.24) is 10.6 Å². The molecule has 28 heavy (non-hydrogen) atoms. The maximum absolute atomic E-state index is 13.5. The molecule has 0 spiro atoms. The Morgan fingerprint density at radius 3 is 2.32 bits per heavy atom. The highest BCUT2D eigenvalue weighted by molar-refractivity contribution is 9.10. The van der Waals surface area contributed by atoms with Crippen LogP contribution in [0.25, 0.3) is 0 Å². The van der Waals surface area contributed by atoms with Crippen LogP contribution in [0, 0.1) is 5.82 Å². The predicted molar refractivity (Wildman–Crippen MR) is 108 cm³/mol. The van der Waals surface area contributed by atoms with Crippen LogP contribution in [0.3, 0.4) is 0 Å². The van der Waals surface area contributed by atoms with Gasteiger partial charge >= 0.3 is 0 Å². The Labute approximate surface area is 171 Å². The molecule has 0 aliphatic heterocycles. The third kappa shape index (κ3) is 6.88. The molecule has 0 aromatic heterocycles. The molecule has 0 saturated carbocycles. The van der Waals surface area contributed by atoms with Crippen molar-refractivity contribution in [2.24, 2.45) is 0 Å². The lowest BCUT2D eigenvalue weighted by molar-refractivity contribution is -0.126. The number of Topliss-reactive ketones (excluding diaryl/α,β-unsaturated/α-hetero) is 1. The van der Waals surface area contributed by atoms with E-state index in [1.165, 1.54) is 6.07 Å². The summed E-state index contributed by atoms with van der Waals surface area (Å²) in [4.78, 5) is 36.1. The smallest absolute Gasteiger partial charge is 0.221 e. The predicted octanol–water partition coefficient (Wildman–Crippen LogP) is 3.41. The summed E-state index contributed by atoms with van der Waals surface area (Å²) in [6, 6.07) is 12.6. The average molecular weight is 449 g/mol. The molecule has 2 N–H and O–H groups in total. The molecule has 2 amide bonds. The minimum Gasteiger partial charge on any atom is -0.356 e. The van der Waals surface area contributed by atoms with Crippen molar-refractivity contribution >= 4 is 33.5 Å². The first-order chi connectivity index (χ1) is 13.4. The summed E-state index contributed by atoms with van der Waals surface area (Å²) in [7, 11) is 0. The SMILES string of the molecule is CC(NC(=O)CCC(=O)NCCc1ccccc1F)C(=O)c1ccc(Br)cc1. The lowest BCUT2D eigenvalue weighted by atomic mass is 10.1. The molecule has 5 nitrogen and oxygen atoms in total. The molecule has 2 aromatic rings. The Morgan fingerprint density at radius 1 is 1.00 bits per heavy atom. The number of carbonyl (C=O) groups excluding carboxylic acids is 3. The monoisotopic (exact) mass is 448 g/mol. The fourth-order valence-electron chi connectivity index (χ4n) is 2.60. The van der Waals surface area contributed by atoms with E-state index in [4.69, 9.17) is 0 Å². The Hall–Kier alpha value is -2.54. The largest absolute Gasteiger partial charge is 0.356 e.